The van der Waals surface area contributed by atoms with Crippen LogP contribution in [0.15, 0.2) is 44.3 Å². The Bertz CT molecular complexity index is 1150. The molecule has 0 atom stereocenters. The molecule has 7 nitrogen and oxygen atoms in total. The number of benzene rings is 1. The molecule has 0 aliphatic carbocycles. The molecule has 1 aromatic carbocycles. The number of carbonyl (C=O) groups excluding carboxylic acids is 1. The molecule has 4 rings (SSSR count). The minimum atomic E-state index is -0.450. The Kier molecular flexibility index (Phi) is 8.01. The number of hydrogen-bond acceptors (Lipinski definition) is 7. The summed E-state index contributed by atoms with van der Waals surface area (Å²) in [7, 11) is 2.12. The number of carbonyl (C=O) groups is 1. The van der Waals surface area contributed by atoms with E-state index in [0.717, 1.165) is 45.6 Å². The molecule has 0 bridgehead atoms. The van der Waals surface area contributed by atoms with E-state index in [-0.39, 0.29) is 12.4 Å². The maximum absolute atomic E-state index is 12.8. The summed E-state index contributed by atoms with van der Waals surface area (Å²) in [6, 6.07) is 7.98. The minimum absolute atomic E-state index is 0.0914. The van der Waals surface area contributed by atoms with Crippen LogP contribution in [0.4, 0.5) is 0 Å². The highest BCUT2D eigenvalue weighted by molar-refractivity contribution is 9.10. The van der Waals surface area contributed by atoms with Gasteiger partial charge in [0.2, 0.25) is 0 Å². The maximum atomic E-state index is 12.8. The molecule has 176 valence electrons. The van der Waals surface area contributed by atoms with Crippen LogP contribution in [0.25, 0.3) is 5.65 Å². The van der Waals surface area contributed by atoms with Gasteiger partial charge in [0.1, 0.15) is 0 Å². The Balaban J connectivity index is 1.69. The summed E-state index contributed by atoms with van der Waals surface area (Å²) in [5, 5.41) is 11.2. The number of hydrogen-bond donors (Lipinski definition) is 1. The van der Waals surface area contributed by atoms with Gasteiger partial charge in [-0.05, 0) is 54.2 Å². The van der Waals surface area contributed by atoms with Gasteiger partial charge in [-0.2, -0.15) is 0 Å². The number of aromatic hydroxyl groups is 1. The number of imidazole rings is 1. The maximum Gasteiger partial charge on any atom is 0.357 e. The SMILES string of the molecule is CCOC(=O)c1c(CSc2ccc(Br)cc2)nc2c(O)c(CN3CCN(C)CC3)c(Br)cn12. The predicted octanol–water partition coefficient (Wildman–Crippen LogP) is 4.78. The van der Waals surface area contributed by atoms with Crippen molar-refractivity contribution in [3.63, 3.8) is 0 Å². The molecular formula is C23H26Br2N4O3S. The van der Waals surface area contributed by atoms with E-state index in [1.54, 1.807) is 23.1 Å². The number of rotatable bonds is 7. The molecule has 1 aliphatic rings. The van der Waals surface area contributed by atoms with Gasteiger partial charge >= 0.3 is 5.97 Å². The highest BCUT2D eigenvalue weighted by Crippen LogP contribution is 2.35. The van der Waals surface area contributed by atoms with Crippen LogP contribution >= 0.6 is 43.6 Å². The van der Waals surface area contributed by atoms with E-state index in [1.807, 2.05) is 30.5 Å². The van der Waals surface area contributed by atoms with Crippen molar-refractivity contribution in [3.8, 4) is 5.75 Å². The zero-order valence-corrected chi connectivity index (χ0v) is 22.5. The van der Waals surface area contributed by atoms with E-state index in [1.165, 1.54) is 0 Å². The molecule has 1 aliphatic heterocycles. The average molecular weight is 598 g/mol. The largest absolute Gasteiger partial charge is 0.504 e. The van der Waals surface area contributed by atoms with Crippen molar-refractivity contribution in [3.05, 3.63) is 56.4 Å². The fraction of sp³-hybridized carbons (Fsp3) is 0.391. The zero-order chi connectivity index (χ0) is 23.5. The van der Waals surface area contributed by atoms with E-state index >= 15 is 0 Å². The zero-order valence-electron chi connectivity index (χ0n) is 18.6. The van der Waals surface area contributed by atoms with Crippen LogP contribution < -0.4 is 0 Å². The molecule has 1 N–H and O–H groups in total. The number of piperazine rings is 1. The van der Waals surface area contributed by atoms with E-state index < -0.39 is 5.97 Å². The quantitative estimate of drug-likeness (QED) is 0.310. The molecular weight excluding hydrogens is 572 g/mol. The summed E-state index contributed by atoms with van der Waals surface area (Å²) in [5.74, 6) is 0.116. The van der Waals surface area contributed by atoms with Crippen molar-refractivity contribution >= 4 is 55.2 Å². The lowest BCUT2D eigenvalue weighted by Gasteiger charge is -2.32. The van der Waals surface area contributed by atoms with Crippen LogP contribution in [0.3, 0.4) is 0 Å². The van der Waals surface area contributed by atoms with Crippen LogP contribution in [0.2, 0.25) is 0 Å². The Morgan fingerprint density at radius 1 is 1.18 bits per heavy atom. The number of aromatic nitrogens is 2. The summed E-state index contributed by atoms with van der Waals surface area (Å²) in [6.07, 6.45) is 1.81. The van der Waals surface area contributed by atoms with Gasteiger partial charge in [-0.1, -0.05) is 15.9 Å². The standard InChI is InChI=1S/C23H26Br2N4O3S/c1-3-32-23(31)20-19(14-33-16-6-4-15(24)5-7-16)26-22-21(30)17(18(25)13-29(20)22)12-28-10-8-27(2)9-11-28/h4-7,13,30H,3,8-12,14H2,1-2H3. The molecule has 3 heterocycles. The van der Waals surface area contributed by atoms with E-state index in [9.17, 15) is 9.90 Å². The third-order valence-corrected chi connectivity index (χ3v) is 7.88. The summed E-state index contributed by atoms with van der Waals surface area (Å²) < 4.78 is 8.71. The summed E-state index contributed by atoms with van der Waals surface area (Å²) in [6.45, 7) is 6.51. The smallest absolute Gasteiger partial charge is 0.357 e. The van der Waals surface area contributed by atoms with Crippen LogP contribution in [-0.4, -0.2) is 70.1 Å². The van der Waals surface area contributed by atoms with Gasteiger partial charge in [0.05, 0.1) is 12.3 Å². The van der Waals surface area contributed by atoms with Crippen LogP contribution in [0.1, 0.15) is 28.7 Å². The summed E-state index contributed by atoms with van der Waals surface area (Å²) in [5.41, 5.74) is 2.08. The van der Waals surface area contributed by atoms with Gasteiger partial charge in [0.25, 0.3) is 0 Å². The number of thioether (sulfide) groups is 1. The summed E-state index contributed by atoms with van der Waals surface area (Å²) in [4.78, 5) is 23.2. The lowest BCUT2D eigenvalue weighted by Crippen LogP contribution is -2.43. The third-order valence-electron chi connectivity index (χ3n) is 5.65. The Morgan fingerprint density at radius 2 is 1.88 bits per heavy atom. The lowest BCUT2D eigenvalue weighted by molar-refractivity contribution is 0.0517. The Labute approximate surface area is 214 Å². The first-order chi connectivity index (χ1) is 15.9. The van der Waals surface area contributed by atoms with Gasteiger partial charge in [0, 0.05) is 64.1 Å². The first-order valence-corrected chi connectivity index (χ1v) is 13.3. The number of fused-ring (bicyclic) bond motifs is 1. The van der Waals surface area contributed by atoms with Crippen LogP contribution in [-0.2, 0) is 17.0 Å². The van der Waals surface area contributed by atoms with Crippen LogP contribution in [0, 0.1) is 0 Å². The Hall–Kier alpha value is -1.59. The molecule has 0 radical (unpaired) electrons. The number of ether oxygens (including phenoxy) is 1. The highest BCUT2D eigenvalue weighted by atomic mass is 79.9. The van der Waals surface area contributed by atoms with E-state index in [4.69, 9.17) is 4.74 Å². The topological polar surface area (TPSA) is 70.3 Å². The molecule has 10 heteroatoms. The minimum Gasteiger partial charge on any atom is -0.504 e. The Morgan fingerprint density at radius 3 is 2.55 bits per heavy atom. The number of esters is 1. The van der Waals surface area contributed by atoms with E-state index in [2.05, 4.69) is 53.7 Å². The van der Waals surface area contributed by atoms with Crippen molar-refractivity contribution in [2.24, 2.45) is 0 Å². The van der Waals surface area contributed by atoms with Crippen molar-refractivity contribution in [1.29, 1.82) is 0 Å². The van der Waals surface area contributed by atoms with Gasteiger partial charge < -0.3 is 14.7 Å². The average Bonchev–Trinajstić information content (AvgIpc) is 3.16. The lowest BCUT2D eigenvalue weighted by atomic mass is 10.2. The molecule has 0 unspecified atom stereocenters. The molecule has 1 saturated heterocycles. The molecule has 3 aromatic rings. The van der Waals surface area contributed by atoms with E-state index in [0.29, 0.717) is 29.3 Å². The van der Waals surface area contributed by atoms with Gasteiger partial charge in [-0.25, -0.2) is 9.78 Å². The second kappa shape index (κ2) is 10.8. The monoisotopic (exact) mass is 596 g/mol. The molecule has 0 amide bonds. The van der Waals surface area contributed by atoms with Crippen molar-refractivity contribution in [2.75, 3.05) is 39.8 Å². The number of nitrogens with zero attached hydrogens (tertiary/aromatic N) is 4. The first-order valence-electron chi connectivity index (χ1n) is 10.7. The molecule has 2 aromatic heterocycles. The second-order valence-electron chi connectivity index (χ2n) is 7.95. The van der Waals surface area contributed by atoms with Crippen molar-refractivity contribution in [2.45, 2.75) is 24.1 Å². The first kappa shape index (κ1) is 24.5. The molecule has 0 saturated carbocycles. The van der Waals surface area contributed by atoms with Crippen molar-refractivity contribution in [1.82, 2.24) is 19.2 Å². The number of likely N-dealkylation sites (N-methyl/N-ethyl adjacent to an activating group) is 1. The van der Waals surface area contributed by atoms with Gasteiger partial charge in [-0.3, -0.25) is 9.30 Å². The summed E-state index contributed by atoms with van der Waals surface area (Å²) >= 11 is 8.64. The third kappa shape index (κ3) is 5.57. The predicted molar refractivity (Wildman–Crippen MR) is 137 cm³/mol. The second-order valence-corrected chi connectivity index (χ2v) is 10.8. The fourth-order valence-electron chi connectivity index (χ4n) is 3.79. The normalized spacial score (nSPS) is 15.3. The molecule has 33 heavy (non-hydrogen) atoms. The fourth-order valence-corrected chi connectivity index (χ4v) is 5.41. The molecule has 1 fully saturated rings. The van der Waals surface area contributed by atoms with Crippen molar-refractivity contribution < 1.29 is 14.6 Å². The van der Waals surface area contributed by atoms with Gasteiger partial charge in [-0.15, -0.1) is 11.8 Å². The number of halogens is 2. The van der Waals surface area contributed by atoms with Gasteiger partial charge in [0.15, 0.2) is 17.1 Å². The number of pyridine rings is 1. The highest BCUT2D eigenvalue weighted by Gasteiger charge is 2.26. The van der Waals surface area contributed by atoms with Crippen LogP contribution in [0.5, 0.6) is 5.75 Å². The molecule has 0 spiro atoms.